The molecule has 1 aromatic heterocycles. The van der Waals surface area contributed by atoms with E-state index < -0.39 is 22.5 Å². The Balaban J connectivity index is 0.000000238. The first-order chi connectivity index (χ1) is 18.3. The maximum atomic E-state index is 13.3. The summed E-state index contributed by atoms with van der Waals surface area (Å²) in [5, 5.41) is 0.334. The van der Waals surface area contributed by atoms with Crippen molar-refractivity contribution in [2.24, 2.45) is 5.73 Å². The van der Waals surface area contributed by atoms with Gasteiger partial charge in [0.25, 0.3) is 5.91 Å². The molecule has 3 heterocycles. The van der Waals surface area contributed by atoms with Crippen LogP contribution in [0.2, 0.25) is 0 Å². The van der Waals surface area contributed by atoms with Crippen molar-refractivity contribution in [1.29, 1.82) is 0 Å². The Kier molecular flexibility index (Phi) is 12.9. The van der Waals surface area contributed by atoms with Gasteiger partial charge in [0.1, 0.15) is 19.0 Å². The van der Waals surface area contributed by atoms with E-state index in [2.05, 4.69) is 22.8 Å². The lowest BCUT2D eigenvalue weighted by molar-refractivity contribution is -0.142. The van der Waals surface area contributed by atoms with Gasteiger partial charge in [0.2, 0.25) is 0 Å². The average molecular weight is 553 g/mol. The van der Waals surface area contributed by atoms with Gasteiger partial charge >= 0.3 is 5.92 Å². The van der Waals surface area contributed by atoms with Crippen LogP contribution in [-0.4, -0.2) is 43.7 Å². The fraction of sp³-hybridized carbons (Fsp3) is 0.483. The molecule has 5 nitrogen and oxygen atoms in total. The van der Waals surface area contributed by atoms with Crippen LogP contribution in [0.25, 0.3) is 10.1 Å². The minimum atomic E-state index is -3.71. The van der Waals surface area contributed by atoms with E-state index in [1.165, 1.54) is 56.6 Å². The molecule has 3 aromatic rings. The maximum absolute atomic E-state index is 13.3. The topological polar surface area (TPSA) is 64.8 Å². The van der Waals surface area contributed by atoms with Crippen molar-refractivity contribution < 1.29 is 27.4 Å². The highest BCUT2D eigenvalue weighted by Crippen LogP contribution is 2.37. The van der Waals surface area contributed by atoms with Crippen molar-refractivity contribution in [3.05, 3.63) is 58.7 Å². The Morgan fingerprint density at radius 3 is 2.29 bits per heavy atom. The highest BCUT2D eigenvalue weighted by Gasteiger charge is 2.40. The van der Waals surface area contributed by atoms with Crippen LogP contribution >= 0.6 is 11.3 Å². The van der Waals surface area contributed by atoms with E-state index in [-0.39, 0.29) is 0 Å². The first-order valence-electron chi connectivity index (χ1n) is 13.3. The third-order valence-electron chi connectivity index (χ3n) is 5.84. The number of thiophene rings is 1. The number of halogens is 3. The van der Waals surface area contributed by atoms with Crippen LogP contribution in [0.1, 0.15) is 57.4 Å². The lowest BCUT2D eigenvalue weighted by atomic mass is 10.1. The second kappa shape index (κ2) is 15.6. The highest BCUT2D eigenvalue weighted by molar-refractivity contribution is 7.19. The molecule has 2 N–H and O–H groups in total. The molecule has 2 aromatic carbocycles. The van der Waals surface area contributed by atoms with Crippen LogP contribution in [0.4, 0.5) is 13.2 Å². The highest BCUT2D eigenvalue weighted by atomic mass is 32.1. The van der Waals surface area contributed by atoms with Gasteiger partial charge in [0, 0.05) is 4.70 Å². The van der Waals surface area contributed by atoms with Crippen molar-refractivity contribution in [1.82, 2.24) is 4.90 Å². The average Bonchev–Trinajstić information content (AvgIpc) is 3.61. The first kappa shape index (κ1) is 31.4. The molecule has 38 heavy (non-hydrogen) atoms. The summed E-state index contributed by atoms with van der Waals surface area (Å²) in [6.45, 7) is 13.2. The summed E-state index contributed by atoms with van der Waals surface area (Å²) < 4.78 is 51.0. The van der Waals surface area contributed by atoms with E-state index in [4.69, 9.17) is 9.47 Å². The van der Waals surface area contributed by atoms with Gasteiger partial charge in [-0.15, -0.1) is 11.3 Å². The number of carbonyl (C=O) groups excluding carboxylic acids is 1. The lowest BCUT2D eigenvalue weighted by Crippen LogP contribution is -2.31. The lowest BCUT2D eigenvalue weighted by Gasteiger charge is -2.19. The van der Waals surface area contributed by atoms with Gasteiger partial charge in [-0.25, -0.2) is 4.39 Å². The third kappa shape index (κ3) is 8.63. The van der Waals surface area contributed by atoms with E-state index in [9.17, 15) is 18.0 Å². The fourth-order valence-electron chi connectivity index (χ4n) is 4.05. The summed E-state index contributed by atoms with van der Waals surface area (Å²) in [7, 11) is 0. The van der Waals surface area contributed by atoms with Crippen LogP contribution < -0.4 is 15.2 Å². The fourth-order valence-corrected chi connectivity index (χ4v) is 5.07. The van der Waals surface area contributed by atoms with Crippen molar-refractivity contribution in [3.8, 4) is 11.5 Å². The molecule has 0 bridgehead atoms. The number of hydrogen-bond donors (Lipinski definition) is 1. The SMILES string of the molecule is CC.CC.NC(=O)C(F)(F)c1cc2cc(F)ccc2s1.c1cc2c(cc1CCCN1CCCC1)OCCO2. The molecule has 0 unspecified atom stereocenters. The second-order valence-electron chi connectivity index (χ2n) is 8.36. The van der Waals surface area contributed by atoms with Crippen LogP contribution in [0.3, 0.4) is 0 Å². The number of likely N-dealkylation sites (tertiary alicyclic amines) is 1. The van der Waals surface area contributed by atoms with E-state index in [0.717, 1.165) is 41.4 Å². The predicted molar refractivity (Wildman–Crippen MR) is 149 cm³/mol. The maximum Gasteiger partial charge on any atom is 0.358 e. The number of ether oxygens (including phenoxy) is 2. The summed E-state index contributed by atoms with van der Waals surface area (Å²) in [5.41, 5.74) is 5.96. The summed E-state index contributed by atoms with van der Waals surface area (Å²) in [4.78, 5) is 12.7. The number of benzene rings is 2. The molecule has 0 radical (unpaired) electrons. The number of primary amides is 1. The van der Waals surface area contributed by atoms with Gasteiger partial charge in [0.15, 0.2) is 11.5 Å². The van der Waals surface area contributed by atoms with Crippen molar-refractivity contribution in [2.75, 3.05) is 32.8 Å². The van der Waals surface area contributed by atoms with Crippen molar-refractivity contribution in [2.45, 2.75) is 59.3 Å². The Labute approximate surface area is 227 Å². The quantitative estimate of drug-likeness (QED) is 0.353. The number of nitrogens with two attached hydrogens (primary N) is 1. The molecule has 0 saturated carbocycles. The molecule has 1 saturated heterocycles. The van der Waals surface area contributed by atoms with E-state index in [0.29, 0.717) is 23.3 Å². The molecule has 1 fully saturated rings. The number of nitrogens with zero attached hydrogens (tertiary/aromatic N) is 1. The predicted octanol–water partition coefficient (Wildman–Crippen LogP) is 7.16. The molecule has 1 amide bonds. The molecule has 0 spiro atoms. The number of alkyl halides is 2. The normalized spacial score (nSPS) is 14.4. The van der Waals surface area contributed by atoms with Gasteiger partial charge in [-0.1, -0.05) is 33.8 Å². The Morgan fingerprint density at radius 2 is 1.63 bits per heavy atom. The zero-order valence-corrected chi connectivity index (χ0v) is 23.5. The number of aryl methyl sites for hydroxylation is 1. The van der Waals surface area contributed by atoms with Crippen molar-refractivity contribution in [3.63, 3.8) is 0 Å². The molecule has 2 aliphatic heterocycles. The van der Waals surface area contributed by atoms with E-state index in [1.54, 1.807) is 0 Å². The largest absolute Gasteiger partial charge is 0.486 e. The Hall–Kier alpha value is -2.78. The van der Waals surface area contributed by atoms with E-state index >= 15 is 0 Å². The first-order valence-corrected chi connectivity index (χ1v) is 14.1. The molecular formula is C29H39F3N2O3S. The number of rotatable bonds is 6. The zero-order chi connectivity index (χ0) is 28.1. The summed E-state index contributed by atoms with van der Waals surface area (Å²) in [6.07, 6.45) is 5.13. The molecule has 210 valence electrons. The van der Waals surface area contributed by atoms with Crippen LogP contribution in [0.5, 0.6) is 11.5 Å². The summed E-state index contributed by atoms with van der Waals surface area (Å²) in [6, 6.07) is 11.1. The Bertz CT molecular complexity index is 1150. The molecule has 9 heteroatoms. The van der Waals surface area contributed by atoms with E-state index in [1.807, 2.05) is 33.8 Å². The second-order valence-corrected chi connectivity index (χ2v) is 9.45. The van der Waals surface area contributed by atoms with Gasteiger partial charge in [0.05, 0.1) is 4.88 Å². The summed E-state index contributed by atoms with van der Waals surface area (Å²) in [5.74, 6) is -4.12. The van der Waals surface area contributed by atoms with Crippen LogP contribution in [-0.2, 0) is 17.1 Å². The minimum absolute atomic E-state index is 0.334. The molecule has 0 aliphatic carbocycles. The summed E-state index contributed by atoms with van der Waals surface area (Å²) >= 11 is 0.724. The smallest absolute Gasteiger partial charge is 0.358 e. The molecule has 0 atom stereocenters. The number of amides is 1. The number of carbonyl (C=O) groups is 1. The Morgan fingerprint density at radius 1 is 0.974 bits per heavy atom. The number of fused-ring (bicyclic) bond motifs is 2. The van der Waals surface area contributed by atoms with Crippen molar-refractivity contribution >= 4 is 27.3 Å². The van der Waals surface area contributed by atoms with Gasteiger partial charge in [-0.05, 0) is 92.7 Å². The van der Waals surface area contributed by atoms with Crippen LogP contribution in [0.15, 0.2) is 42.5 Å². The van der Waals surface area contributed by atoms with Gasteiger partial charge in [-0.3, -0.25) is 4.79 Å². The van der Waals surface area contributed by atoms with Gasteiger partial charge in [-0.2, -0.15) is 8.78 Å². The zero-order valence-electron chi connectivity index (χ0n) is 22.7. The molecular weight excluding hydrogens is 513 g/mol. The standard InChI is InChI=1S/C15H21NO2.C10H6F3NOS.2C2H6/c1-2-8-16(7-1)9-3-4-13-5-6-14-15(12-13)18-11-10-17-14;11-6-1-2-7-5(3-6)4-8(16-7)10(12,13)9(14)15;2*1-2/h5-6,12H,1-4,7-11H2;1-4H,(H2,14,15);2*1-2H3. The monoisotopic (exact) mass is 552 g/mol. The number of hydrogen-bond acceptors (Lipinski definition) is 5. The minimum Gasteiger partial charge on any atom is -0.486 e. The molecule has 5 rings (SSSR count). The third-order valence-corrected chi connectivity index (χ3v) is 7.03. The van der Waals surface area contributed by atoms with Crippen LogP contribution in [0, 0.1) is 5.82 Å². The van der Waals surface area contributed by atoms with Gasteiger partial charge < -0.3 is 20.1 Å². The molecule has 2 aliphatic rings.